The van der Waals surface area contributed by atoms with Gasteiger partial charge in [-0.2, -0.15) is 0 Å². The van der Waals surface area contributed by atoms with E-state index in [0.717, 1.165) is 0 Å². The fourth-order valence-corrected chi connectivity index (χ4v) is 1.37. The Morgan fingerprint density at radius 1 is 1.24 bits per heavy atom. The summed E-state index contributed by atoms with van der Waals surface area (Å²) in [6.45, 7) is 0. The highest BCUT2D eigenvalue weighted by molar-refractivity contribution is 5.72. The van der Waals surface area contributed by atoms with Crippen LogP contribution < -0.4 is 4.74 Å². The Labute approximate surface area is 97.1 Å². The molecule has 1 heterocycles. The van der Waals surface area contributed by atoms with Crippen LogP contribution in [-0.4, -0.2) is 39.2 Å². The smallest absolute Gasteiger partial charge is 0.316 e. The molecule has 0 saturated heterocycles. The molecule has 0 unspecified atom stereocenters. The van der Waals surface area contributed by atoms with E-state index in [4.69, 9.17) is 14.9 Å². The van der Waals surface area contributed by atoms with Crippen LogP contribution in [0.3, 0.4) is 0 Å². The molecule has 0 amide bonds. The lowest BCUT2D eigenvalue weighted by atomic mass is 9.95. The number of nitrogens with zero attached hydrogens (tertiary/aromatic N) is 2. The Kier molecular flexibility index (Phi) is 4.38. The second-order valence-corrected chi connectivity index (χ2v) is 3.40. The van der Waals surface area contributed by atoms with Gasteiger partial charge in [0.1, 0.15) is 0 Å². The van der Waals surface area contributed by atoms with Gasteiger partial charge in [0.25, 0.3) is 0 Å². The summed E-state index contributed by atoms with van der Waals surface area (Å²) in [5.41, 5.74) is 0.468. The largest absolute Gasteiger partial charge is 0.481 e. The van der Waals surface area contributed by atoms with Gasteiger partial charge in [-0.25, -0.2) is 9.97 Å². The normalized spacial score (nSPS) is 10.2. The van der Waals surface area contributed by atoms with Gasteiger partial charge in [0, 0.05) is 18.3 Å². The summed E-state index contributed by atoms with van der Waals surface area (Å²) < 4.78 is 4.76. The van der Waals surface area contributed by atoms with Crippen molar-refractivity contribution < 1.29 is 24.5 Å². The number of aromatic nitrogens is 2. The van der Waals surface area contributed by atoms with Gasteiger partial charge in [0.15, 0.2) is 0 Å². The lowest BCUT2D eigenvalue weighted by Gasteiger charge is -2.11. The average molecular weight is 240 g/mol. The topological polar surface area (TPSA) is 110 Å². The zero-order valence-electron chi connectivity index (χ0n) is 9.16. The van der Waals surface area contributed by atoms with Crippen molar-refractivity contribution in [2.45, 2.75) is 18.8 Å². The van der Waals surface area contributed by atoms with Crippen LogP contribution in [0.1, 0.15) is 24.3 Å². The number of carboxylic acid groups (broad SMARTS) is 2. The molecule has 0 saturated carbocycles. The van der Waals surface area contributed by atoms with E-state index in [9.17, 15) is 9.59 Å². The molecule has 2 N–H and O–H groups in total. The van der Waals surface area contributed by atoms with Gasteiger partial charge in [0.05, 0.1) is 20.0 Å². The molecule has 0 fully saturated rings. The summed E-state index contributed by atoms with van der Waals surface area (Å²) in [4.78, 5) is 28.9. The van der Waals surface area contributed by atoms with Gasteiger partial charge < -0.3 is 14.9 Å². The van der Waals surface area contributed by atoms with Crippen molar-refractivity contribution in [3.05, 3.63) is 18.0 Å². The van der Waals surface area contributed by atoms with Gasteiger partial charge in [-0.1, -0.05) is 0 Å². The van der Waals surface area contributed by atoms with Crippen LogP contribution in [0.5, 0.6) is 6.01 Å². The molecule has 17 heavy (non-hydrogen) atoms. The molecule has 7 heteroatoms. The fourth-order valence-electron chi connectivity index (χ4n) is 1.37. The number of aliphatic carboxylic acids is 2. The lowest BCUT2D eigenvalue weighted by molar-refractivity contribution is -0.139. The summed E-state index contributed by atoms with van der Waals surface area (Å²) in [5, 5.41) is 17.4. The highest BCUT2D eigenvalue weighted by Crippen LogP contribution is 2.22. The van der Waals surface area contributed by atoms with Crippen LogP contribution in [0.2, 0.25) is 0 Å². The van der Waals surface area contributed by atoms with Crippen molar-refractivity contribution in [2.24, 2.45) is 0 Å². The lowest BCUT2D eigenvalue weighted by Crippen LogP contribution is -2.12. The Morgan fingerprint density at radius 2 is 1.71 bits per heavy atom. The summed E-state index contributed by atoms with van der Waals surface area (Å²) >= 11 is 0. The summed E-state index contributed by atoms with van der Waals surface area (Å²) in [7, 11) is 1.40. The number of rotatable bonds is 6. The minimum absolute atomic E-state index is 0.151. The van der Waals surface area contributed by atoms with E-state index in [0.29, 0.717) is 5.56 Å². The maximum Gasteiger partial charge on any atom is 0.316 e. The molecule has 0 aliphatic heterocycles. The number of hydrogen-bond donors (Lipinski definition) is 2. The van der Waals surface area contributed by atoms with Crippen LogP contribution >= 0.6 is 0 Å². The predicted molar refractivity (Wildman–Crippen MR) is 55.8 cm³/mol. The van der Waals surface area contributed by atoms with Crippen LogP contribution in [0.15, 0.2) is 12.4 Å². The van der Waals surface area contributed by atoms with Crippen molar-refractivity contribution in [3.8, 4) is 6.01 Å². The number of carbonyl (C=O) groups is 2. The molecular formula is C10H12N2O5. The van der Waals surface area contributed by atoms with Gasteiger partial charge >= 0.3 is 17.9 Å². The monoisotopic (exact) mass is 240 g/mol. The number of methoxy groups -OCH3 is 1. The molecule has 1 rings (SSSR count). The molecule has 0 spiro atoms. The third-order valence-electron chi connectivity index (χ3n) is 2.14. The van der Waals surface area contributed by atoms with Crippen LogP contribution in [0, 0.1) is 0 Å². The highest BCUT2D eigenvalue weighted by atomic mass is 16.5. The Hall–Kier alpha value is -2.18. The zero-order valence-corrected chi connectivity index (χ0v) is 9.16. The van der Waals surface area contributed by atoms with E-state index in [-0.39, 0.29) is 18.9 Å². The molecular weight excluding hydrogens is 228 g/mol. The summed E-state index contributed by atoms with van der Waals surface area (Å²) in [5.74, 6) is -2.77. The first kappa shape index (κ1) is 12.9. The number of hydrogen-bond acceptors (Lipinski definition) is 5. The standard InChI is InChI=1S/C10H12N2O5/c1-17-10-11-4-7(5-12-10)6(2-8(13)14)3-9(15)16/h4-6H,2-3H2,1H3,(H,13,14)(H,15,16). The van der Waals surface area contributed by atoms with Gasteiger partial charge in [-0.05, 0) is 5.56 Å². The van der Waals surface area contributed by atoms with E-state index >= 15 is 0 Å². The Balaban J connectivity index is 2.86. The molecule has 0 bridgehead atoms. The number of ether oxygens (including phenoxy) is 1. The summed E-state index contributed by atoms with van der Waals surface area (Å²) in [6.07, 6.45) is 2.20. The quantitative estimate of drug-likeness (QED) is 0.745. The minimum Gasteiger partial charge on any atom is -0.481 e. The maximum atomic E-state index is 10.6. The van der Waals surface area contributed by atoms with E-state index in [1.165, 1.54) is 19.5 Å². The van der Waals surface area contributed by atoms with Crippen LogP contribution in [0.4, 0.5) is 0 Å². The van der Waals surface area contributed by atoms with Gasteiger partial charge in [-0.3, -0.25) is 9.59 Å². The molecule has 1 aromatic rings. The maximum absolute atomic E-state index is 10.6. The molecule has 0 radical (unpaired) electrons. The van der Waals surface area contributed by atoms with Gasteiger partial charge in [-0.15, -0.1) is 0 Å². The highest BCUT2D eigenvalue weighted by Gasteiger charge is 2.19. The SMILES string of the molecule is COc1ncc(C(CC(=O)O)CC(=O)O)cn1. The van der Waals surface area contributed by atoms with E-state index < -0.39 is 17.9 Å². The Bertz CT molecular complexity index is 388. The van der Waals surface area contributed by atoms with Crippen molar-refractivity contribution >= 4 is 11.9 Å². The van der Waals surface area contributed by atoms with E-state index in [2.05, 4.69) is 9.97 Å². The average Bonchev–Trinajstić information content (AvgIpc) is 2.27. The fraction of sp³-hybridized carbons (Fsp3) is 0.400. The van der Waals surface area contributed by atoms with Crippen molar-refractivity contribution in [2.75, 3.05) is 7.11 Å². The zero-order chi connectivity index (χ0) is 12.8. The number of carboxylic acids is 2. The molecule has 1 aromatic heterocycles. The van der Waals surface area contributed by atoms with Crippen LogP contribution in [0.25, 0.3) is 0 Å². The van der Waals surface area contributed by atoms with Crippen LogP contribution in [-0.2, 0) is 9.59 Å². The Morgan fingerprint density at radius 3 is 2.06 bits per heavy atom. The third kappa shape index (κ3) is 4.06. The first-order chi connectivity index (χ1) is 8.02. The second-order valence-electron chi connectivity index (χ2n) is 3.40. The van der Waals surface area contributed by atoms with Crippen molar-refractivity contribution in [1.82, 2.24) is 9.97 Å². The molecule has 0 aliphatic rings. The summed E-state index contributed by atoms with van der Waals surface area (Å²) in [6, 6.07) is 0.151. The van der Waals surface area contributed by atoms with Crippen molar-refractivity contribution in [1.29, 1.82) is 0 Å². The third-order valence-corrected chi connectivity index (χ3v) is 2.14. The molecule has 92 valence electrons. The van der Waals surface area contributed by atoms with E-state index in [1.807, 2.05) is 0 Å². The van der Waals surface area contributed by atoms with E-state index in [1.54, 1.807) is 0 Å². The minimum atomic E-state index is -1.06. The molecule has 0 atom stereocenters. The molecule has 0 aliphatic carbocycles. The first-order valence-electron chi connectivity index (χ1n) is 4.82. The van der Waals surface area contributed by atoms with Crippen molar-refractivity contribution in [3.63, 3.8) is 0 Å². The second kappa shape index (κ2) is 5.78. The predicted octanol–water partition coefficient (Wildman–Crippen LogP) is 0.518. The first-order valence-corrected chi connectivity index (χ1v) is 4.82. The molecule has 7 nitrogen and oxygen atoms in total. The molecule has 0 aromatic carbocycles. The van der Waals surface area contributed by atoms with Gasteiger partial charge in [0.2, 0.25) is 0 Å².